The fourth-order valence-corrected chi connectivity index (χ4v) is 2.14. The second-order valence-electron chi connectivity index (χ2n) is 5.92. The summed E-state index contributed by atoms with van der Waals surface area (Å²) in [4.78, 5) is 47.0. The zero-order valence-electron chi connectivity index (χ0n) is 13.2. The SMILES string of the molecule is CCNC(=O)CC(=O)C1(NC(=O)CC(=O)CC[C@H](C)N)CC1. The van der Waals surface area contributed by atoms with Gasteiger partial charge in [-0.3, -0.25) is 19.2 Å². The van der Waals surface area contributed by atoms with Crippen molar-refractivity contribution in [1.29, 1.82) is 0 Å². The van der Waals surface area contributed by atoms with Crippen LogP contribution in [-0.2, 0) is 19.2 Å². The second-order valence-corrected chi connectivity index (χ2v) is 5.92. The van der Waals surface area contributed by atoms with E-state index in [4.69, 9.17) is 5.73 Å². The summed E-state index contributed by atoms with van der Waals surface area (Å²) in [5, 5.41) is 5.16. The Morgan fingerprint density at radius 3 is 2.27 bits per heavy atom. The molecule has 7 heteroatoms. The summed E-state index contributed by atoms with van der Waals surface area (Å²) < 4.78 is 0. The summed E-state index contributed by atoms with van der Waals surface area (Å²) in [7, 11) is 0. The van der Waals surface area contributed by atoms with Gasteiger partial charge in [0.2, 0.25) is 11.8 Å². The maximum atomic E-state index is 12.1. The highest BCUT2D eigenvalue weighted by Gasteiger charge is 2.50. The first-order valence-electron chi connectivity index (χ1n) is 7.67. The molecule has 0 saturated heterocycles. The minimum absolute atomic E-state index is 0.0829. The minimum Gasteiger partial charge on any atom is -0.356 e. The van der Waals surface area contributed by atoms with Gasteiger partial charge >= 0.3 is 0 Å². The van der Waals surface area contributed by atoms with Gasteiger partial charge in [0.1, 0.15) is 5.78 Å². The van der Waals surface area contributed by atoms with Crippen LogP contribution in [0, 0.1) is 0 Å². The van der Waals surface area contributed by atoms with E-state index < -0.39 is 11.4 Å². The Morgan fingerprint density at radius 1 is 1.14 bits per heavy atom. The van der Waals surface area contributed by atoms with Crippen molar-refractivity contribution in [3.05, 3.63) is 0 Å². The summed E-state index contributed by atoms with van der Waals surface area (Å²) in [6.07, 6.45) is 1.34. The van der Waals surface area contributed by atoms with Gasteiger partial charge in [-0.2, -0.15) is 0 Å². The van der Waals surface area contributed by atoms with Crippen molar-refractivity contribution in [2.45, 2.75) is 64.0 Å². The van der Waals surface area contributed by atoms with Crippen LogP contribution in [0.5, 0.6) is 0 Å². The van der Waals surface area contributed by atoms with Gasteiger partial charge in [0.15, 0.2) is 5.78 Å². The molecule has 0 unspecified atom stereocenters. The Hall–Kier alpha value is -1.76. The average Bonchev–Trinajstić information content (AvgIpc) is 3.17. The molecular formula is C15H25N3O4. The first-order chi connectivity index (χ1) is 10.3. The van der Waals surface area contributed by atoms with Gasteiger partial charge in [0, 0.05) is 19.0 Å². The zero-order valence-corrected chi connectivity index (χ0v) is 13.2. The molecule has 4 N–H and O–H groups in total. The molecule has 1 saturated carbocycles. The monoisotopic (exact) mass is 311 g/mol. The average molecular weight is 311 g/mol. The third-order valence-corrected chi connectivity index (χ3v) is 3.59. The maximum absolute atomic E-state index is 12.1. The molecule has 0 bridgehead atoms. The Kier molecular flexibility index (Phi) is 6.67. The Bertz CT molecular complexity index is 456. The van der Waals surface area contributed by atoms with Gasteiger partial charge in [-0.25, -0.2) is 0 Å². The number of nitrogens with two attached hydrogens (primary N) is 1. The molecular weight excluding hydrogens is 286 g/mol. The van der Waals surface area contributed by atoms with Crippen molar-refractivity contribution in [1.82, 2.24) is 10.6 Å². The molecule has 0 aliphatic heterocycles. The lowest BCUT2D eigenvalue weighted by atomic mass is 10.1. The van der Waals surface area contributed by atoms with Crippen molar-refractivity contribution in [2.75, 3.05) is 6.54 Å². The van der Waals surface area contributed by atoms with Gasteiger partial charge < -0.3 is 16.4 Å². The van der Waals surface area contributed by atoms with Gasteiger partial charge in [-0.05, 0) is 33.1 Å². The molecule has 1 rings (SSSR count). The van der Waals surface area contributed by atoms with Gasteiger partial charge in [0.05, 0.1) is 18.4 Å². The molecule has 22 heavy (non-hydrogen) atoms. The molecule has 0 radical (unpaired) electrons. The highest BCUT2D eigenvalue weighted by molar-refractivity contribution is 6.07. The first-order valence-corrected chi connectivity index (χ1v) is 7.67. The quantitative estimate of drug-likeness (QED) is 0.484. The lowest BCUT2D eigenvalue weighted by Crippen LogP contribution is -2.45. The molecule has 7 nitrogen and oxygen atoms in total. The normalized spacial score (nSPS) is 16.5. The smallest absolute Gasteiger partial charge is 0.228 e. The second kappa shape index (κ2) is 8.03. The van der Waals surface area contributed by atoms with E-state index in [-0.39, 0.29) is 42.8 Å². The minimum atomic E-state index is -0.941. The van der Waals surface area contributed by atoms with E-state index in [2.05, 4.69) is 10.6 Å². The lowest BCUT2D eigenvalue weighted by molar-refractivity contribution is -0.135. The van der Waals surface area contributed by atoms with Crippen LogP contribution >= 0.6 is 0 Å². The third-order valence-electron chi connectivity index (χ3n) is 3.59. The lowest BCUT2D eigenvalue weighted by Gasteiger charge is -2.16. The topological polar surface area (TPSA) is 118 Å². The van der Waals surface area contributed by atoms with Crippen molar-refractivity contribution >= 4 is 23.4 Å². The largest absolute Gasteiger partial charge is 0.356 e. The molecule has 0 heterocycles. The molecule has 1 aliphatic carbocycles. The van der Waals surface area contributed by atoms with E-state index >= 15 is 0 Å². The van der Waals surface area contributed by atoms with Gasteiger partial charge in [0.25, 0.3) is 0 Å². The van der Waals surface area contributed by atoms with Crippen molar-refractivity contribution < 1.29 is 19.2 Å². The van der Waals surface area contributed by atoms with Crippen LogP contribution in [0.15, 0.2) is 0 Å². The zero-order chi connectivity index (χ0) is 16.8. The molecule has 0 aromatic rings. The number of nitrogens with one attached hydrogen (secondary N) is 2. The van der Waals surface area contributed by atoms with E-state index in [0.717, 1.165) is 0 Å². The number of hydrogen-bond acceptors (Lipinski definition) is 5. The fourth-order valence-electron chi connectivity index (χ4n) is 2.14. The summed E-state index contributed by atoms with van der Waals surface area (Å²) in [5.41, 5.74) is 4.62. The van der Waals surface area contributed by atoms with E-state index in [0.29, 0.717) is 25.8 Å². The number of rotatable bonds is 10. The van der Waals surface area contributed by atoms with Crippen LogP contribution in [0.3, 0.4) is 0 Å². The van der Waals surface area contributed by atoms with Gasteiger partial charge in [-0.15, -0.1) is 0 Å². The number of carbonyl (C=O) groups excluding carboxylic acids is 4. The predicted molar refractivity (Wildman–Crippen MR) is 80.9 cm³/mol. The van der Waals surface area contributed by atoms with E-state index in [9.17, 15) is 19.2 Å². The van der Waals surface area contributed by atoms with Crippen molar-refractivity contribution in [3.63, 3.8) is 0 Å². The molecule has 1 fully saturated rings. The molecule has 0 aromatic carbocycles. The van der Waals surface area contributed by atoms with Crippen LogP contribution in [0.2, 0.25) is 0 Å². The maximum Gasteiger partial charge on any atom is 0.228 e. The number of ketones is 2. The van der Waals surface area contributed by atoms with Crippen LogP contribution in [0.1, 0.15) is 52.4 Å². The predicted octanol–water partition coefficient (Wildman–Crippen LogP) is -0.183. The van der Waals surface area contributed by atoms with E-state index in [1.807, 2.05) is 0 Å². The molecule has 124 valence electrons. The molecule has 0 aromatic heterocycles. The Morgan fingerprint density at radius 2 is 1.77 bits per heavy atom. The standard InChI is InChI=1S/C15H25N3O4/c1-3-17-13(21)9-12(20)15(6-7-15)18-14(22)8-11(19)5-4-10(2)16/h10H,3-9,16H2,1-2H3,(H,17,21)(H,18,22)/t10-/m0/s1. The summed E-state index contributed by atoms with van der Waals surface area (Å²) >= 11 is 0. The Labute approximate surface area is 130 Å². The van der Waals surface area contributed by atoms with Crippen molar-refractivity contribution in [3.8, 4) is 0 Å². The van der Waals surface area contributed by atoms with Crippen LogP contribution in [-0.4, -0.2) is 41.5 Å². The van der Waals surface area contributed by atoms with Crippen molar-refractivity contribution in [2.24, 2.45) is 5.73 Å². The highest BCUT2D eigenvalue weighted by Crippen LogP contribution is 2.37. The first kappa shape index (κ1) is 18.3. The van der Waals surface area contributed by atoms with Crippen LogP contribution in [0.4, 0.5) is 0 Å². The number of hydrogen-bond donors (Lipinski definition) is 3. The molecule has 1 aliphatic rings. The fraction of sp³-hybridized carbons (Fsp3) is 0.733. The highest BCUT2D eigenvalue weighted by atomic mass is 16.2. The van der Waals surface area contributed by atoms with Gasteiger partial charge in [-0.1, -0.05) is 0 Å². The van der Waals surface area contributed by atoms with E-state index in [1.165, 1.54) is 0 Å². The Balaban J connectivity index is 2.41. The van der Waals surface area contributed by atoms with Crippen LogP contribution in [0.25, 0.3) is 0 Å². The molecule has 1 atom stereocenters. The number of Topliss-reactive ketones (excluding diaryl/α,β-unsaturated/α-hetero) is 2. The molecule has 2 amide bonds. The summed E-state index contributed by atoms with van der Waals surface area (Å²) in [6.45, 7) is 4.02. The number of carbonyl (C=O) groups is 4. The number of amides is 2. The summed E-state index contributed by atoms with van der Waals surface area (Å²) in [6, 6.07) is -0.0829. The van der Waals surface area contributed by atoms with E-state index in [1.54, 1.807) is 13.8 Å². The molecule has 0 spiro atoms. The van der Waals surface area contributed by atoms with Crippen LogP contribution < -0.4 is 16.4 Å². The summed E-state index contributed by atoms with van der Waals surface area (Å²) in [5.74, 6) is -1.30. The third kappa shape index (κ3) is 5.93.